The van der Waals surface area contributed by atoms with Crippen LogP contribution in [0.5, 0.6) is 0 Å². The first kappa shape index (κ1) is 32.9. The first-order valence-electron chi connectivity index (χ1n) is 13.1. The Hall–Kier alpha value is -3.17. The Morgan fingerprint density at radius 2 is 1.68 bits per heavy atom. The number of allylic oxidation sites excluding steroid dienone is 2. The number of Topliss-reactive ketones (excluding diaryl/α,β-unsaturated/α-hetero) is 1. The highest BCUT2D eigenvalue weighted by atomic mass is 16.6. The molecule has 1 saturated carbocycles. The van der Waals surface area contributed by atoms with Crippen molar-refractivity contribution in [1.29, 1.82) is 0 Å². The Morgan fingerprint density at radius 1 is 1.03 bits per heavy atom. The quantitative estimate of drug-likeness (QED) is 0.104. The van der Waals surface area contributed by atoms with E-state index in [0.29, 0.717) is 19.3 Å². The van der Waals surface area contributed by atoms with E-state index < -0.39 is 47.4 Å². The monoisotopic (exact) mass is 538 g/mol. The van der Waals surface area contributed by atoms with Crippen LogP contribution in [0.3, 0.4) is 0 Å². The second-order valence-electron chi connectivity index (χ2n) is 10.8. The SMILES string of the molecule is CCCCC(C)(C)C/C=C/[C@H]1CCC(=O)[C@@H]1CCCC(CC(=O)O)(OC(C)=O)/C(O)=C(\OC(C)=O)C(=O)O. The number of aliphatic carboxylic acids is 2. The van der Waals surface area contributed by atoms with Gasteiger partial charge in [0, 0.05) is 26.2 Å². The maximum atomic E-state index is 12.6. The molecule has 3 atom stereocenters. The number of ketones is 1. The first-order chi connectivity index (χ1) is 17.6. The first-order valence-corrected chi connectivity index (χ1v) is 13.1. The molecule has 214 valence electrons. The third kappa shape index (κ3) is 10.3. The van der Waals surface area contributed by atoms with E-state index in [9.17, 15) is 39.3 Å². The van der Waals surface area contributed by atoms with Gasteiger partial charge in [-0.15, -0.1) is 0 Å². The zero-order valence-electron chi connectivity index (χ0n) is 23.1. The van der Waals surface area contributed by atoms with Gasteiger partial charge in [0.2, 0.25) is 0 Å². The molecule has 0 radical (unpaired) electrons. The van der Waals surface area contributed by atoms with Crippen LogP contribution in [0.4, 0.5) is 0 Å². The molecule has 1 rings (SSSR count). The van der Waals surface area contributed by atoms with E-state index in [1.54, 1.807) is 0 Å². The zero-order valence-corrected chi connectivity index (χ0v) is 23.1. The van der Waals surface area contributed by atoms with E-state index in [-0.39, 0.29) is 35.9 Å². The van der Waals surface area contributed by atoms with Crippen molar-refractivity contribution in [2.75, 3.05) is 0 Å². The summed E-state index contributed by atoms with van der Waals surface area (Å²) in [5.41, 5.74) is -2.14. The lowest BCUT2D eigenvalue weighted by molar-refractivity contribution is -0.164. The fourth-order valence-electron chi connectivity index (χ4n) is 4.96. The number of ether oxygens (including phenoxy) is 2. The number of esters is 2. The minimum absolute atomic E-state index is 0.00633. The molecule has 0 aromatic heterocycles. The minimum atomic E-state index is -2.29. The van der Waals surface area contributed by atoms with Crippen molar-refractivity contribution >= 4 is 29.7 Å². The molecule has 3 N–H and O–H groups in total. The summed E-state index contributed by atoms with van der Waals surface area (Å²) in [5, 5.41) is 29.7. The summed E-state index contributed by atoms with van der Waals surface area (Å²) in [6, 6.07) is 0. The van der Waals surface area contributed by atoms with Crippen LogP contribution in [0.15, 0.2) is 23.7 Å². The average molecular weight is 539 g/mol. The fraction of sp³-hybridized carbons (Fsp3) is 0.679. The highest BCUT2D eigenvalue weighted by Gasteiger charge is 2.45. The molecule has 0 aromatic carbocycles. The molecular weight excluding hydrogens is 496 g/mol. The van der Waals surface area contributed by atoms with E-state index in [2.05, 4.69) is 37.7 Å². The summed E-state index contributed by atoms with van der Waals surface area (Å²) in [7, 11) is 0. The van der Waals surface area contributed by atoms with Crippen LogP contribution < -0.4 is 0 Å². The van der Waals surface area contributed by atoms with Gasteiger partial charge in [-0.3, -0.25) is 19.2 Å². The van der Waals surface area contributed by atoms with Crippen LogP contribution in [0, 0.1) is 17.3 Å². The van der Waals surface area contributed by atoms with Gasteiger partial charge < -0.3 is 24.8 Å². The highest BCUT2D eigenvalue weighted by molar-refractivity contribution is 5.89. The molecule has 0 heterocycles. The normalized spacial score (nSPS) is 20.1. The van der Waals surface area contributed by atoms with Crippen molar-refractivity contribution in [3.8, 4) is 0 Å². The largest absolute Gasteiger partial charge is 0.505 e. The predicted octanol–water partition coefficient (Wildman–Crippen LogP) is 5.11. The molecule has 1 unspecified atom stereocenters. The Morgan fingerprint density at radius 3 is 2.21 bits per heavy atom. The number of aliphatic hydroxyl groups excluding tert-OH is 1. The van der Waals surface area contributed by atoms with Crippen LogP contribution in [0.2, 0.25) is 0 Å². The number of hydrogen-bond donors (Lipinski definition) is 3. The Bertz CT molecular complexity index is 927. The topological polar surface area (TPSA) is 164 Å². The number of aliphatic hydroxyl groups is 1. The molecule has 0 aliphatic heterocycles. The summed E-state index contributed by atoms with van der Waals surface area (Å²) in [6.07, 6.45) is 8.75. The smallest absolute Gasteiger partial charge is 0.375 e. The molecule has 0 bridgehead atoms. The number of hydrogen-bond acceptors (Lipinski definition) is 8. The zero-order chi connectivity index (χ0) is 29.1. The third-order valence-electron chi connectivity index (χ3n) is 6.87. The van der Waals surface area contributed by atoms with Crippen molar-refractivity contribution in [3.63, 3.8) is 0 Å². The Labute approximate surface area is 224 Å². The minimum Gasteiger partial charge on any atom is -0.505 e. The number of carbonyl (C=O) groups is 5. The lowest BCUT2D eigenvalue weighted by Gasteiger charge is -2.32. The second-order valence-corrected chi connectivity index (χ2v) is 10.8. The molecule has 1 aliphatic carbocycles. The molecular formula is C28H42O10. The number of rotatable bonds is 16. The van der Waals surface area contributed by atoms with E-state index in [1.165, 1.54) is 0 Å². The number of carboxylic acid groups (broad SMARTS) is 2. The van der Waals surface area contributed by atoms with Crippen molar-refractivity contribution < 1.29 is 48.8 Å². The van der Waals surface area contributed by atoms with Gasteiger partial charge in [-0.05, 0) is 49.9 Å². The van der Waals surface area contributed by atoms with E-state index in [4.69, 9.17) is 4.74 Å². The Kier molecular flexibility index (Phi) is 12.7. The number of carboxylic acids is 2. The average Bonchev–Trinajstić information content (AvgIpc) is 3.13. The molecule has 0 aromatic rings. The van der Waals surface area contributed by atoms with Crippen LogP contribution in [0.25, 0.3) is 0 Å². The van der Waals surface area contributed by atoms with Gasteiger partial charge in [-0.25, -0.2) is 4.79 Å². The van der Waals surface area contributed by atoms with Crippen molar-refractivity contribution in [2.45, 2.75) is 104 Å². The van der Waals surface area contributed by atoms with Gasteiger partial charge >= 0.3 is 23.9 Å². The van der Waals surface area contributed by atoms with E-state index >= 15 is 0 Å². The number of carbonyl (C=O) groups excluding carboxylic acids is 3. The maximum Gasteiger partial charge on any atom is 0.375 e. The van der Waals surface area contributed by atoms with Crippen molar-refractivity contribution in [3.05, 3.63) is 23.7 Å². The van der Waals surface area contributed by atoms with Gasteiger partial charge in [-0.2, -0.15) is 0 Å². The number of unbranched alkanes of at least 4 members (excludes halogenated alkanes) is 1. The Balaban J connectivity index is 3.16. The van der Waals surface area contributed by atoms with Crippen LogP contribution in [0.1, 0.15) is 98.8 Å². The summed E-state index contributed by atoms with van der Waals surface area (Å²) >= 11 is 0. The van der Waals surface area contributed by atoms with Gasteiger partial charge in [-0.1, -0.05) is 45.8 Å². The molecule has 0 spiro atoms. The van der Waals surface area contributed by atoms with Crippen LogP contribution in [-0.2, 0) is 33.4 Å². The molecule has 10 heteroatoms. The lowest BCUT2D eigenvalue weighted by Crippen LogP contribution is -2.41. The summed E-state index contributed by atoms with van der Waals surface area (Å²) in [5.74, 6) is -7.99. The standard InChI is InChI=1S/C28H42O10/c1-6-7-14-27(4,5)15-8-10-20-12-13-22(31)21(20)11-9-16-28(17-23(32)33,38-19(3)30)25(34)24(26(35)36)37-18(2)29/h8,10,20-21,34H,6-7,9,11-17H2,1-5H3,(H,32,33)(H,35,36)/b10-8+,25-24+/t20-,21+,28?/m0/s1. The maximum absolute atomic E-state index is 12.6. The molecule has 38 heavy (non-hydrogen) atoms. The van der Waals surface area contributed by atoms with E-state index in [1.807, 2.05) is 0 Å². The van der Waals surface area contributed by atoms with Gasteiger partial charge in [0.05, 0.1) is 6.42 Å². The van der Waals surface area contributed by atoms with E-state index in [0.717, 1.165) is 39.5 Å². The van der Waals surface area contributed by atoms with Gasteiger partial charge in [0.1, 0.15) is 5.78 Å². The third-order valence-corrected chi connectivity index (χ3v) is 6.87. The van der Waals surface area contributed by atoms with Crippen LogP contribution in [-0.4, -0.2) is 50.6 Å². The summed E-state index contributed by atoms with van der Waals surface area (Å²) < 4.78 is 9.79. The van der Waals surface area contributed by atoms with Crippen molar-refractivity contribution in [1.82, 2.24) is 0 Å². The fourth-order valence-corrected chi connectivity index (χ4v) is 4.96. The lowest BCUT2D eigenvalue weighted by atomic mass is 9.82. The van der Waals surface area contributed by atoms with Gasteiger partial charge in [0.25, 0.3) is 5.76 Å². The molecule has 10 nitrogen and oxygen atoms in total. The van der Waals surface area contributed by atoms with Crippen LogP contribution >= 0.6 is 0 Å². The van der Waals surface area contributed by atoms with Gasteiger partial charge in [0.15, 0.2) is 11.4 Å². The summed E-state index contributed by atoms with van der Waals surface area (Å²) in [4.78, 5) is 59.2. The van der Waals surface area contributed by atoms with Crippen molar-refractivity contribution in [2.24, 2.45) is 17.3 Å². The second kappa shape index (κ2) is 14.7. The predicted molar refractivity (Wildman–Crippen MR) is 138 cm³/mol. The molecule has 0 amide bonds. The molecule has 0 saturated heterocycles. The molecule has 1 aliphatic rings. The highest BCUT2D eigenvalue weighted by Crippen LogP contribution is 2.38. The summed E-state index contributed by atoms with van der Waals surface area (Å²) in [6.45, 7) is 8.47. The molecule has 1 fully saturated rings.